The lowest BCUT2D eigenvalue weighted by Crippen LogP contribution is -2.39. The van der Waals surface area contributed by atoms with Crippen LogP contribution < -0.4 is 10.2 Å². The van der Waals surface area contributed by atoms with Gasteiger partial charge in [-0.3, -0.25) is 14.2 Å². The fourth-order valence-corrected chi connectivity index (χ4v) is 6.27. The van der Waals surface area contributed by atoms with Gasteiger partial charge in [-0.15, -0.1) is 0 Å². The Kier molecular flexibility index (Phi) is 8.68. The van der Waals surface area contributed by atoms with E-state index in [1.807, 2.05) is 14.7 Å². The molecule has 0 radical (unpaired) electrons. The number of nitrogens with zero attached hydrogens (tertiary/aromatic N) is 7. The summed E-state index contributed by atoms with van der Waals surface area (Å²) in [4.78, 5) is 44.1. The zero-order chi connectivity index (χ0) is 29.9. The number of likely N-dealkylation sites (tertiary alicyclic amines) is 2. The minimum Gasteiger partial charge on any atom is -0.378 e. The van der Waals surface area contributed by atoms with Gasteiger partial charge in [-0.25, -0.2) is 13.8 Å². The molecule has 3 aliphatic heterocycles. The number of alkyl halides is 2. The Morgan fingerprint density at radius 1 is 0.977 bits per heavy atom. The fourth-order valence-electron chi connectivity index (χ4n) is 6.27. The van der Waals surface area contributed by atoms with Crippen LogP contribution in [0.25, 0.3) is 16.9 Å². The highest BCUT2D eigenvalue weighted by Gasteiger charge is 2.30. The van der Waals surface area contributed by atoms with Crippen molar-refractivity contribution in [2.45, 2.75) is 39.0 Å². The monoisotopic (exact) mass is 596 g/mol. The molecule has 2 amide bonds. The van der Waals surface area contributed by atoms with Crippen molar-refractivity contribution in [3.8, 4) is 5.82 Å². The van der Waals surface area contributed by atoms with Crippen LogP contribution in [0.15, 0.2) is 30.3 Å². The van der Waals surface area contributed by atoms with Gasteiger partial charge >= 0.3 is 0 Å². The Bertz CT molecular complexity index is 1450. The molecule has 0 aliphatic carbocycles. The number of rotatable bonds is 8. The predicted molar refractivity (Wildman–Crippen MR) is 157 cm³/mol. The van der Waals surface area contributed by atoms with Gasteiger partial charge in [-0.2, -0.15) is 9.97 Å². The van der Waals surface area contributed by atoms with Crippen molar-refractivity contribution in [3.63, 3.8) is 0 Å². The number of morpholine rings is 1. The third-order valence-electron chi connectivity index (χ3n) is 8.74. The summed E-state index contributed by atoms with van der Waals surface area (Å²) in [5.74, 6) is 1.76. The van der Waals surface area contributed by atoms with Gasteiger partial charge in [0.05, 0.1) is 24.2 Å². The second-order valence-electron chi connectivity index (χ2n) is 11.6. The second kappa shape index (κ2) is 12.8. The Labute approximate surface area is 249 Å². The average Bonchev–Trinajstić information content (AvgIpc) is 3.66. The minimum absolute atomic E-state index is 0.0976. The van der Waals surface area contributed by atoms with Crippen LogP contribution in [0.4, 0.5) is 20.5 Å². The first-order valence-electron chi connectivity index (χ1n) is 15.1. The fraction of sp³-hybridized carbons (Fsp3) is 0.567. The molecule has 3 aliphatic rings. The normalized spacial score (nSPS) is 19.9. The van der Waals surface area contributed by atoms with Gasteiger partial charge in [-0.1, -0.05) is 12.1 Å². The van der Waals surface area contributed by atoms with Crippen molar-refractivity contribution in [2.75, 3.05) is 69.2 Å². The number of piperidine rings is 1. The Morgan fingerprint density at radius 2 is 1.70 bits per heavy atom. The summed E-state index contributed by atoms with van der Waals surface area (Å²) in [6, 6.07) is 8.72. The maximum atomic E-state index is 14.1. The molecule has 0 bridgehead atoms. The minimum atomic E-state index is -2.78. The Balaban J connectivity index is 1.15. The molecule has 5 heterocycles. The second-order valence-corrected chi connectivity index (χ2v) is 11.6. The van der Waals surface area contributed by atoms with Crippen molar-refractivity contribution < 1.29 is 23.1 Å². The van der Waals surface area contributed by atoms with Gasteiger partial charge in [0.15, 0.2) is 5.82 Å². The van der Waals surface area contributed by atoms with E-state index in [9.17, 15) is 18.4 Å². The summed E-state index contributed by atoms with van der Waals surface area (Å²) in [7, 11) is 0. The molecule has 3 saturated heterocycles. The van der Waals surface area contributed by atoms with Gasteiger partial charge < -0.3 is 24.8 Å². The maximum Gasteiger partial charge on any atom is 0.296 e. The van der Waals surface area contributed by atoms with Crippen molar-refractivity contribution >= 4 is 34.6 Å². The van der Waals surface area contributed by atoms with E-state index in [0.29, 0.717) is 86.9 Å². The number of carbonyl (C=O) groups excluding carboxylic acids is 2. The summed E-state index contributed by atoms with van der Waals surface area (Å²) in [6.07, 6.45) is 0.345. The lowest BCUT2D eigenvalue weighted by Gasteiger charge is -2.31. The number of imidazole rings is 1. The van der Waals surface area contributed by atoms with Crippen LogP contribution in [0.5, 0.6) is 0 Å². The van der Waals surface area contributed by atoms with E-state index in [2.05, 4.69) is 10.3 Å². The molecule has 230 valence electrons. The number of carbonyl (C=O) groups is 2. The number of halogens is 2. The van der Waals surface area contributed by atoms with E-state index in [1.165, 1.54) is 4.57 Å². The number of nitrogens with one attached hydrogen (secondary N) is 1. The van der Waals surface area contributed by atoms with Gasteiger partial charge in [0.25, 0.3) is 6.43 Å². The maximum absolute atomic E-state index is 14.1. The lowest BCUT2D eigenvalue weighted by atomic mass is 9.93. The first-order valence-corrected chi connectivity index (χ1v) is 15.1. The molecule has 2 aromatic heterocycles. The highest BCUT2D eigenvalue weighted by molar-refractivity contribution is 5.78. The largest absolute Gasteiger partial charge is 0.378 e. The molecule has 11 nitrogen and oxygen atoms in total. The van der Waals surface area contributed by atoms with Crippen LogP contribution in [0.3, 0.4) is 0 Å². The number of amides is 2. The molecular formula is C30H38F2N8O3. The van der Waals surface area contributed by atoms with E-state index < -0.39 is 6.43 Å². The van der Waals surface area contributed by atoms with E-state index in [4.69, 9.17) is 14.7 Å². The van der Waals surface area contributed by atoms with Gasteiger partial charge in [0.1, 0.15) is 11.6 Å². The molecule has 1 N–H and O–H groups in total. The molecule has 0 unspecified atom stereocenters. The van der Waals surface area contributed by atoms with Crippen molar-refractivity contribution in [3.05, 3.63) is 36.2 Å². The zero-order valence-electron chi connectivity index (χ0n) is 24.4. The van der Waals surface area contributed by atoms with Crippen LogP contribution in [0, 0.1) is 11.8 Å². The van der Waals surface area contributed by atoms with E-state index in [-0.39, 0.29) is 23.6 Å². The number of para-hydroxylation sites is 2. The zero-order valence-corrected chi connectivity index (χ0v) is 24.4. The highest BCUT2D eigenvalue weighted by atomic mass is 19.3. The topological polar surface area (TPSA) is 109 Å². The van der Waals surface area contributed by atoms with E-state index in [1.54, 1.807) is 37.3 Å². The van der Waals surface area contributed by atoms with E-state index >= 15 is 0 Å². The van der Waals surface area contributed by atoms with Crippen LogP contribution in [-0.4, -0.2) is 100 Å². The summed E-state index contributed by atoms with van der Waals surface area (Å²) in [5.41, 5.74) is 1.02. The van der Waals surface area contributed by atoms with Crippen LogP contribution in [-0.2, 0) is 14.3 Å². The number of ether oxygens (including phenoxy) is 1. The summed E-state index contributed by atoms with van der Waals surface area (Å²) in [5, 5.41) is 3.42. The summed E-state index contributed by atoms with van der Waals surface area (Å²) < 4.78 is 35.2. The lowest BCUT2D eigenvalue weighted by molar-refractivity contribution is -0.132. The first kappa shape index (κ1) is 29.2. The van der Waals surface area contributed by atoms with Crippen molar-refractivity contribution in [1.82, 2.24) is 29.3 Å². The quantitative estimate of drug-likeness (QED) is 0.421. The summed E-state index contributed by atoms with van der Waals surface area (Å²) in [6.45, 7) is 7.27. The van der Waals surface area contributed by atoms with Gasteiger partial charge in [0.2, 0.25) is 17.8 Å². The predicted octanol–water partition coefficient (Wildman–Crippen LogP) is 3.50. The standard InChI is InChI=1S/C30H38F2N8O3/c1-20(41)37-9-6-21(7-10-37)16-27(42)39-11-8-22(19-39)18-33-25-17-26(36-30(35-25)38-12-14-43-15-13-38)40-24-5-3-2-4-23(24)34-29(40)28(31)32/h2-5,17,21-22,28H,6-16,18-19H2,1H3,(H,33,35,36)/t22-/m1/s1. The Hall–Kier alpha value is -3.87. The Morgan fingerprint density at radius 3 is 2.44 bits per heavy atom. The molecule has 1 aromatic carbocycles. The average molecular weight is 597 g/mol. The number of benzene rings is 1. The highest BCUT2D eigenvalue weighted by Crippen LogP contribution is 2.30. The number of hydrogen-bond donors (Lipinski definition) is 1. The van der Waals surface area contributed by atoms with Crippen molar-refractivity contribution in [1.29, 1.82) is 0 Å². The molecular weight excluding hydrogens is 558 g/mol. The molecule has 3 fully saturated rings. The summed E-state index contributed by atoms with van der Waals surface area (Å²) >= 11 is 0. The van der Waals surface area contributed by atoms with Crippen LogP contribution in [0.1, 0.15) is 44.9 Å². The molecule has 6 rings (SSSR count). The molecule has 0 saturated carbocycles. The first-order chi connectivity index (χ1) is 20.9. The third kappa shape index (κ3) is 6.56. The molecule has 13 heteroatoms. The number of hydrogen-bond acceptors (Lipinski definition) is 8. The van der Waals surface area contributed by atoms with Crippen molar-refractivity contribution in [2.24, 2.45) is 11.8 Å². The van der Waals surface area contributed by atoms with Gasteiger partial charge in [0, 0.05) is 65.2 Å². The van der Waals surface area contributed by atoms with Gasteiger partial charge in [-0.05, 0) is 43.2 Å². The number of aromatic nitrogens is 4. The van der Waals surface area contributed by atoms with Crippen LogP contribution >= 0.6 is 0 Å². The smallest absolute Gasteiger partial charge is 0.296 e. The number of anilines is 2. The molecule has 43 heavy (non-hydrogen) atoms. The third-order valence-corrected chi connectivity index (χ3v) is 8.74. The van der Waals surface area contributed by atoms with Crippen LogP contribution in [0.2, 0.25) is 0 Å². The molecule has 1 atom stereocenters. The number of fused-ring (bicyclic) bond motifs is 1. The van der Waals surface area contributed by atoms with E-state index in [0.717, 1.165) is 32.4 Å². The molecule has 0 spiro atoms. The SMILES string of the molecule is CC(=O)N1CCC(CC(=O)N2CC[C@H](CNc3cc(-n4c(C(F)F)nc5ccccc54)nc(N4CCOCC4)n3)C2)CC1. The molecule has 3 aromatic rings.